The van der Waals surface area contributed by atoms with Crippen LogP contribution in [0.3, 0.4) is 0 Å². The second-order valence-electron chi connectivity index (χ2n) is 13.5. The third-order valence-corrected chi connectivity index (χ3v) is 9.30. The normalized spacial score (nSPS) is 29.2. The number of nitrogens with one attached hydrogen (secondary N) is 1. The van der Waals surface area contributed by atoms with Crippen molar-refractivity contribution >= 4 is 29.0 Å². The van der Waals surface area contributed by atoms with E-state index in [4.69, 9.17) is 14.2 Å². The van der Waals surface area contributed by atoms with Crippen molar-refractivity contribution in [3.8, 4) is 11.6 Å². The fourth-order valence-electron chi connectivity index (χ4n) is 6.89. The lowest BCUT2D eigenvalue weighted by molar-refractivity contribution is -0.151. The van der Waals surface area contributed by atoms with E-state index in [-0.39, 0.29) is 36.3 Å². The fraction of sp³-hybridized carbons (Fsp3) is 0.656. The lowest BCUT2D eigenvalue weighted by Gasteiger charge is -2.35. The van der Waals surface area contributed by atoms with Gasteiger partial charge < -0.3 is 29.5 Å². The quantitative estimate of drug-likeness (QED) is 0.462. The number of ether oxygens (including phenoxy) is 3. The van der Waals surface area contributed by atoms with Crippen molar-refractivity contribution in [2.45, 2.75) is 103 Å². The first-order valence-corrected chi connectivity index (χ1v) is 15.6. The smallest absolute Gasteiger partial charge is 0.408 e. The van der Waals surface area contributed by atoms with Gasteiger partial charge in [0.2, 0.25) is 11.8 Å². The number of alkyl halides is 2. The number of carboxylic acids is 1. The summed E-state index contributed by atoms with van der Waals surface area (Å²) in [7, 11) is 1.47. The number of hydrogen-bond acceptors (Lipinski definition) is 8. The molecule has 0 spiro atoms. The molecule has 1 aliphatic carbocycles. The predicted octanol–water partition coefficient (Wildman–Crippen LogP) is 5.29. The first-order chi connectivity index (χ1) is 21.2. The van der Waals surface area contributed by atoms with Gasteiger partial charge in [-0.2, -0.15) is 8.78 Å². The zero-order valence-electron chi connectivity index (χ0n) is 26.3. The van der Waals surface area contributed by atoms with Crippen LogP contribution in [-0.2, 0) is 20.2 Å². The number of aliphatic carboxylic acids is 1. The standard InChI is InChI=1S/C32H42F2N4O7/c1-6-20-23-16-38(24(20)29(40)41)28(39)26(31(2,3)4)37-30(42)44-19-10-9-17(14-19)8-7-13-32(33,34)25-27(45-23)36-22-15-18(43-5)11-12-21(22)35-25/h11-12,15,17,19-20,23-24,26H,6-10,13-14,16H2,1-5H3,(H,37,42)(H,40,41)/t17?,19-,20-,23+,24+,26-/m1/s1. The number of methoxy groups -OCH3 is 1. The first kappa shape index (κ1) is 32.6. The third-order valence-electron chi connectivity index (χ3n) is 9.30. The molecule has 6 atom stereocenters. The average Bonchev–Trinajstić information content (AvgIpc) is 3.57. The van der Waals surface area contributed by atoms with Gasteiger partial charge in [-0.3, -0.25) is 4.79 Å². The van der Waals surface area contributed by atoms with Crippen LogP contribution in [0.4, 0.5) is 13.6 Å². The van der Waals surface area contributed by atoms with Gasteiger partial charge >= 0.3 is 12.1 Å². The van der Waals surface area contributed by atoms with Gasteiger partial charge in [0.25, 0.3) is 5.92 Å². The number of carboxylic acid groups (broad SMARTS) is 1. The van der Waals surface area contributed by atoms with E-state index in [0.717, 1.165) is 6.42 Å². The monoisotopic (exact) mass is 632 g/mol. The van der Waals surface area contributed by atoms with Crippen LogP contribution in [0.1, 0.15) is 78.3 Å². The van der Waals surface area contributed by atoms with E-state index in [2.05, 4.69) is 15.3 Å². The van der Waals surface area contributed by atoms with Crippen molar-refractivity contribution in [3.05, 3.63) is 23.9 Å². The van der Waals surface area contributed by atoms with Crippen molar-refractivity contribution in [3.63, 3.8) is 0 Å². The molecule has 1 unspecified atom stereocenters. The molecule has 1 aromatic heterocycles. The Morgan fingerprint density at radius 3 is 2.58 bits per heavy atom. The largest absolute Gasteiger partial charge is 0.497 e. The minimum Gasteiger partial charge on any atom is -0.497 e. The van der Waals surface area contributed by atoms with Crippen LogP contribution in [0.5, 0.6) is 11.6 Å². The molecule has 45 heavy (non-hydrogen) atoms. The molecule has 0 radical (unpaired) electrons. The van der Waals surface area contributed by atoms with Gasteiger partial charge in [-0.05, 0) is 55.6 Å². The average molecular weight is 633 g/mol. The molecule has 2 fully saturated rings. The first-order valence-electron chi connectivity index (χ1n) is 15.6. The SMILES string of the molecule is CC[C@@H]1[C@@H]2CN(C(=O)[C@H](C(C)(C)C)NC(=O)O[C@@H]3CCC(CCCC(F)(F)c4nc5ccc(OC)cc5nc4O2)C3)[C@@H]1C(=O)O. The second kappa shape index (κ2) is 12.6. The summed E-state index contributed by atoms with van der Waals surface area (Å²) >= 11 is 0. The minimum absolute atomic E-state index is 0.104. The highest BCUT2D eigenvalue weighted by Crippen LogP contribution is 2.42. The summed E-state index contributed by atoms with van der Waals surface area (Å²) in [6, 6.07) is 2.27. The van der Waals surface area contributed by atoms with Crippen molar-refractivity contribution in [2.24, 2.45) is 17.3 Å². The Balaban J connectivity index is 1.60. The summed E-state index contributed by atoms with van der Waals surface area (Å²) in [5, 5.41) is 13.0. The lowest BCUT2D eigenvalue weighted by Crippen LogP contribution is -2.57. The van der Waals surface area contributed by atoms with Crippen LogP contribution in [0.25, 0.3) is 11.0 Å². The number of alkyl carbamates (subject to hydrolysis) is 1. The molecule has 2 amide bonds. The highest BCUT2D eigenvalue weighted by atomic mass is 19.3. The van der Waals surface area contributed by atoms with Gasteiger partial charge in [0.05, 0.1) is 24.7 Å². The highest BCUT2D eigenvalue weighted by molar-refractivity contribution is 5.90. The number of carbonyl (C=O) groups excluding carboxylic acids is 2. The van der Waals surface area contributed by atoms with Crippen LogP contribution >= 0.6 is 0 Å². The minimum atomic E-state index is -3.41. The molecule has 13 heteroatoms. The van der Waals surface area contributed by atoms with Crippen molar-refractivity contribution < 1.29 is 42.5 Å². The van der Waals surface area contributed by atoms with E-state index in [1.54, 1.807) is 45.9 Å². The van der Waals surface area contributed by atoms with Gasteiger partial charge in [-0.25, -0.2) is 19.6 Å². The molecule has 11 nitrogen and oxygen atoms in total. The Morgan fingerprint density at radius 2 is 1.91 bits per heavy atom. The molecule has 1 saturated heterocycles. The number of carbonyl (C=O) groups is 3. The van der Waals surface area contributed by atoms with E-state index in [1.165, 1.54) is 12.0 Å². The second-order valence-corrected chi connectivity index (χ2v) is 13.5. The molecule has 5 rings (SSSR count). The number of aromatic nitrogens is 2. The molecule has 2 N–H and O–H groups in total. The third kappa shape index (κ3) is 6.76. The van der Waals surface area contributed by atoms with E-state index in [9.17, 15) is 19.5 Å². The maximum absolute atomic E-state index is 16.0. The molecule has 1 saturated carbocycles. The van der Waals surface area contributed by atoms with Crippen LogP contribution < -0.4 is 14.8 Å². The topological polar surface area (TPSA) is 140 Å². The molecule has 2 aromatic rings. The maximum atomic E-state index is 16.0. The van der Waals surface area contributed by atoms with E-state index < -0.39 is 77.5 Å². The van der Waals surface area contributed by atoms with Crippen LogP contribution in [0.15, 0.2) is 18.2 Å². The Kier molecular flexibility index (Phi) is 9.10. The zero-order chi connectivity index (χ0) is 32.7. The number of rotatable bonds is 3. The summed E-state index contributed by atoms with van der Waals surface area (Å²) in [4.78, 5) is 49.7. The zero-order valence-corrected chi connectivity index (χ0v) is 26.3. The van der Waals surface area contributed by atoms with Crippen LogP contribution in [0, 0.1) is 17.3 Å². The Labute approximate surface area is 261 Å². The van der Waals surface area contributed by atoms with Gasteiger partial charge in [0.15, 0.2) is 5.69 Å². The molecular formula is C32H42F2N4O7. The van der Waals surface area contributed by atoms with E-state index in [1.807, 2.05) is 0 Å². The van der Waals surface area contributed by atoms with Gasteiger partial charge in [-0.1, -0.05) is 34.1 Å². The summed E-state index contributed by atoms with van der Waals surface area (Å²) in [5.41, 5.74) is -0.928. The number of nitrogens with zero attached hydrogens (tertiary/aromatic N) is 3. The summed E-state index contributed by atoms with van der Waals surface area (Å²) in [6.45, 7) is 6.82. The lowest BCUT2D eigenvalue weighted by atomic mass is 9.85. The van der Waals surface area contributed by atoms with Crippen molar-refractivity contribution in [1.82, 2.24) is 20.2 Å². The van der Waals surface area contributed by atoms with Gasteiger partial charge in [0.1, 0.15) is 30.0 Å². The molecule has 2 aliphatic heterocycles. The van der Waals surface area contributed by atoms with E-state index in [0.29, 0.717) is 25.0 Å². The molecule has 1 aromatic carbocycles. The molecule has 4 bridgehead atoms. The highest BCUT2D eigenvalue weighted by Gasteiger charge is 2.52. The number of amides is 2. The summed E-state index contributed by atoms with van der Waals surface area (Å²) in [6.07, 6.45) is 0.183. The molecule has 3 heterocycles. The Bertz CT molecular complexity index is 1450. The summed E-state index contributed by atoms with van der Waals surface area (Å²) < 4.78 is 49.2. The van der Waals surface area contributed by atoms with E-state index >= 15 is 8.78 Å². The fourth-order valence-corrected chi connectivity index (χ4v) is 6.89. The van der Waals surface area contributed by atoms with Gasteiger partial charge in [0, 0.05) is 18.4 Å². The molecule has 3 aliphatic rings. The molecular weight excluding hydrogens is 590 g/mol. The van der Waals surface area contributed by atoms with Crippen LogP contribution in [0.2, 0.25) is 0 Å². The number of hydrogen-bond donors (Lipinski definition) is 2. The van der Waals surface area contributed by atoms with Crippen LogP contribution in [-0.4, -0.2) is 75.9 Å². The van der Waals surface area contributed by atoms with Crippen molar-refractivity contribution in [2.75, 3.05) is 13.7 Å². The number of halogens is 2. The Hall–Kier alpha value is -3.77. The Morgan fingerprint density at radius 1 is 1.16 bits per heavy atom. The summed E-state index contributed by atoms with van der Waals surface area (Å²) in [5.74, 6) is -5.91. The molecule has 246 valence electrons. The van der Waals surface area contributed by atoms with Gasteiger partial charge in [-0.15, -0.1) is 0 Å². The predicted molar refractivity (Wildman–Crippen MR) is 159 cm³/mol. The maximum Gasteiger partial charge on any atom is 0.408 e. The number of fused-ring (bicyclic) bond motifs is 6. The van der Waals surface area contributed by atoms with Crippen molar-refractivity contribution in [1.29, 1.82) is 0 Å². The number of benzene rings is 1.